The first-order chi connectivity index (χ1) is 12.4. The summed E-state index contributed by atoms with van der Waals surface area (Å²) in [6, 6.07) is 14.3. The lowest BCUT2D eigenvalue weighted by Gasteiger charge is -2.40. The maximum atomic E-state index is 13.6. The van der Waals surface area contributed by atoms with E-state index in [9.17, 15) is 14.7 Å². The first kappa shape index (κ1) is 14.9. The van der Waals surface area contributed by atoms with E-state index in [0.717, 1.165) is 29.5 Å². The maximum Gasteiger partial charge on any atom is 0.170 e. The number of rotatable bonds is 0. The highest BCUT2D eigenvalue weighted by molar-refractivity contribution is 6.18. The normalized spacial score (nSPS) is 41.2. The highest BCUT2D eigenvalue weighted by Gasteiger charge is 2.89. The predicted octanol–water partition coefficient (Wildman–Crippen LogP) is 2.49. The minimum Gasteiger partial charge on any atom is -0.384 e. The lowest BCUT2D eigenvalue weighted by Crippen LogP contribution is -2.56. The molecule has 1 N–H and O–H groups in total. The van der Waals surface area contributed by atoms with Crippen LogP contribution in [0.2, 0.25) is 0 Å². The van der Waals surface area contributed by atoms with E-state index in [1.54, 1.807) is 6.92 Å². The van der Waals surface area contributed by atoms with E-state index in [1.807, 2.05) is 31.2 Å². The first-order valence-electron chi connectivity index (χ1n) is 9.39. The van der Waals surface area contributed by atoms with Gasteiger partial charge in [-0.25, -0.2) is 0 Å². The second kappa shape index (κ2) is 4.01. The Kier molecular flexibility index (Phi) is 2.29. The van der Waals surface area contributed by atoms with Crippen molar-refractivity contribution in [3.8, 4) is 0 Å². The van der Waals surface area contributed by atoms with Crippen LogP contribution in [0.15, 0.2) is 42.5 Å². The fourth-order valence-electron chi connectivity index (χ4n) is 6.75. The Hall–Kier alpha value is -2.26. The number of fused-ring (bicyclic) bond motifs is 3. The van der Waals surface area contributed by atoms with Crippen LogP contribution in [-0.2, 0) is 33.3 Å². The van der Waals surface area contributed by atoms with Gasteiger partial charge in [0.25, 0.3) is 0 Å². The average Bonchev–Trinajstić information content (AvgIpc) is 3.29. The number of aryl methyl sites for hydroxylation is 2. The van der Waals surface area contributed by atoms with Crippen molar-refractivity contribution in [2.75, 3.05) is 0 Å². The van der Waals surface area contributed by atoms with Gasteiger partial charge in [0.05, 0.1) is 10.8 Å². The fourth-order valence-corrected chi connectivity index (χ4v) is 6.75. The molecular formula is C23H20O3. The molecule has 2 aromatic carbocycles. The van der Waals surface area contributed by atoms with Gasteiger partial charge in [-0.05, 0) is 47.6 Å². The highest BCUT2D eigenvalue weighted by Crippen LogP contribution is 2.81. The molecule has 2 bridgehead atoms. The van der Waals surface area contributed by atoms with Crippen molar-refractivity contribution in [1.82, 2.24) is 0 Å². The van der Waals surface area contributed by atoms with Crippen molar-refractivity contribution in [3.05, 3.63) is 70.3 Å². The first-order valence-corrected chi connectivity index (χ1v) is 9.39. The van der Waals surface area contributed by atoms with Gasteiger partial charge in [0, 0.05) is 11.3 Å². The third kappa shape index (κ3) is 1.14. The number of aliphatic hydroxyl groups is 1. The summed E-state index contributed by atoms with van der Waals surface area (Å²) < 4.78 is 0. The molecule has 0 saturated heterocycles. The zero-order valence-electron chi connectivity index (χ0n) is 14.9. The van der Waals surface area contributed by atoms with Crippen LogP contribution in [0.5, 0.6) is 0 Å². The molecule has 26 heavy (non-hydrogen) atoms. The third-order valence-corrected chi connectivity index (χ3v) is 8.04. The smallest absolute Gasteiger partial charge is 0.170 e. The van der Waals surface area contributed by atoms with Gasteiger partial charge < -0.3 is 5.11 Å². The molecule has 3 nitrogen and oxygen atoms in total. The number of hydrogen-bond donors (Lipinski definition) is 1. The summed E-state index contributed by atoms with van der Waals surface area (Å²) >= 11 is 0. The van der Waals surface area contributed by atoms with Crippen LogP contribution in [0.4, 0.5) is 0 Å². The SMILES string of the molecule is CC12C(=O)C3C4(c5ccccc5CCc5cccc1c54)[C@]3(C)C(=O)[C@H]2O. The molecule has 5 atom stereocenters. The molecule has 0 radical (unpaired) electrons. The molecule has 1 spiro atoms. The zero-order chi connectivity index (χ0) is 18.1. The molecule has 130 valence electrons. The molecule has 0 heterocycles. The van der Waals surface area contributed by atoms with Crippen molar-refractivity contribution < 1.29 is 14.7 Å². The Morgan fingerprint density at radius 3 is 2.35 bits per heavy atom. The van der Waals surface area contributed by atoms with E-state index in [0.29, 0.717) is 0 Å². The number of carbonyl (C=O) groups excluding carboxylic acids is 2. The average molecular weight is 344 g/mol. The van der Waals surface area contributed by atoms with Gasteiger partial charge in [0.1, 0.15) is 6.10 Å². The van der Waals surface area contributed by atoms with Crippen LogP contribution >= 0.6 is 0 Å². The minimum absolute atomic E-state index is 0.0356. The number of aliphatic hydroxyl groups excluding tert-OH is 1. The van der Waals surface area contributed by atoms with Crippen molar-refractivity contribution >= 4 is 11.6 Å². The van der Waals surface area contributed by atoms with E-state index in [-0.39, 0.29) is 17.5 Å². The van der Waals surface area contributed by atoms with Crippen LogP contribution in [0, 0.1) is 11.3 Å². The standard InChI is InChI=1S/C23H20O3/c1-21-15-9-5-7-13-11-10-12-6-3-4-8-14(12)23(16(13)15)17(18(21)24)22(23,2)20(26)19(21)25/h3-9,17,19,25H,10-11H2,1-2H3/t17?,19-,21?,22+,23?/m1/s1. The largest absolute Gasteiger partial charge is 0.384 e. The highest BCUT2D eigenvalue weighted by atomic mass is 16.3. The Morgan fingerprint density at radius 1 is 0.885 bits per heavy atom. The quantitative estimate of drug-likeness (QED) is 0.799. The Bertz CT molecular complexity index is 1050. The Balaban J connectivity index is 1.86. The van der Waals surface area contributed by atoms with E-state index in [4.69, 9.17) is 0 Å². The topological polar surface area (TPSA) is 54.4 Å². The van der Waals surface area contributed by atoms with Crippen LogP contribution in [0.25, 0.3) is 0 Å². The number of Topliss-reactive ketones (excluding diaryl/α,β-unsaturated/α-hetero) is 2. The molecule has 2 aromatic rings. The molecule has 0 aliphatic heterocycles. The summed E-state index contributed by atoms with van der Waals surface area (Å²) in [6.45, 7) is 3.68. The third-order valence-electron chi connectivity index (χ3n) is 8.04. The van der Waals surface area contributed by atoms with Crippen LogP contribution in [-0.4, -0.2) is 22.8 Å². The van der Waals surface area contributed by atoms with Crippen molar-refractivity contribution in [2.24, 2.45) is 11.3 Å². The van der Waals surface area contributed by atoms with Crippen LogP contribution in [0.1, 0.15) is 41.7 Å². The van der Waals surface area contributed by atoms with Gasteiger partial charge in [-0.2, -0.15) is 0 Å². The fraction of sp³-hybridized carbons (Fsp3) is 0.391. The summed E-state index contributed by atoms with van der Waals surface area (Å²) in [5.74, 6) is -0.485. The Morgan fingerprint density at radius 2 is 1.54 bits per heavy atom. The maximum absolute atomic E-state index is 13.6. The van der Waals surface area contributed by atoms with Gasteiger partial charge in [-0.1, -0.05) is 49.4 Å². The number of carbonyl (C=O) groups is 2. The molecule has 4 aliphatic carbocycles. The van der Waals surface area contributed by atoms with Gasteiger partial charge in [-0.3, -0.25) is 9.59 Å². The number of hydrogen-bond acceptors (Lipinski definition) is 3. The van der Waals surface area contributed by atoms with Crippen LogP contribution in [0.3, 0.4) is 0 Å². The van der Waals surface area contributed by atoms with E-state index < -0.39 is 22.3 Å². The summed E-state index contributed by atoms with van der Waals surface area (Å²) in [4.78, 5) is 27.0. The monoisotopic (exact) mass is 344 g/mol. The van der Waals surface area contributed by atoms with Crippen molar-refractivity contribution in [3.63, 3.8) is 0 Å². The molecule has 3 heteroatoms. The zero-order valence-corrected chi connectivity index (χ0v) is 14.9. The second-order valence-corrected chi connectivity index (χ2v) is 8.77. The molecule has 2 saturated carbocycles. The molecular weight excluding hydrogens is 324 g/mol. The summed E-state index contributed by atoms with van der Waals surface area (Å²) in [5, 5.41) is 11.0. The summed E-state index contributed by atoms with van der Waals surface area (Å²) in [7, 11) is 0. The van der Waals surface area contributed by atoms with Crippen LogP contribution < -0.4 is 0 Å². The Labute approximate surface area is 152 Å². The number of benzene rings is 2. The van der Waals surface area contributed by atoms with Crippen molar-refractivity contribution in [2.45, 2.75) is 43.6 Å². The van der Waals surface area contributed by atoms with E-state index in [2.05, 4.69) is 18.2 Å². The summed E-state index contributed by atoms with van der Waals surface area (Å²) in [6.07, 6.45) is 0.555. The lowest BCUT2D eigenvalue weighted by atomic mass is 9.61. The molecule has 2 fully saturated rings. The summed E-state index contributed by atoms with van der Waals surface area (Å²) in [5.41, 5.74) is 3.04. The predicted molar refractivity (Wildman–Crippen MR) is 96.0 cm³/mol. The number of ketones is 2. The molecule has 6 rings (SSSR count). The lowest BCUT2D eigenvalue weighted by molar-refractivity contribution is -0.149. The van der Waals surface area contributed by atoms with Gasteiger partial charge in [0.2, 0.25) is 0 Å². The van der Waals surface area contributed by atoms with Crippen molar-refractivity contribution in [1.29, 1.82) is 0 Å². The van der Waals surface area contributed by atoms with E-state index in [1.165, 1.54) is 11.1 Å². The van der Waals surface area contributed by atoms with E-state index >= 15 is 0 Å². The van der Waals surface area contributed by atoms with Gasteiger partial charge in [-0.15, -0.1) is 0 Å². The minimum atomic E-state index is -1.26. The van der Waals surface area contributed by atoms with Gasteiger partial charge >= 0.3 is 0 Å². The second-order valence-electron chi connectivity index (χ2n) is 8.77. The molecule has 0 amide bonds. The van der Waals surface area contributed by atoms with Gasteiger partial charge in [0.15, 0.2) is 11.6 Å². The molecule has 3 unspecified atom stereocenters. The molecule has 0 aromatic heterocycles. The molecule has 4 aliphatic rings.